The summed E-state index contributed by atoms with van der Waals surface area (Å²) in [5, 5.41) is 0. The van der Waals surface area contributed by atoms with Crippen LogP contribution in [0.15, 0.2) is 24.3 Å². The molecule has 0 saturated carbocycles. The Morgan fingerprint density at radius 2 is 2.10 bits per heavy atom. The maximum absolute atomic E-state index is 11.4. The molecule has 106 valence electrons. The van der Waals surface area contributed by atoms with Gasteiger partial charge < -0.3 is 9.80 Å². The molecular formula is C17H22N2O. The minimum Gasteiger partial charge on any atom is -0.369 e. The predicted octanol–water partition coefficient (Wildman–Crippen LogP) is 2.66. The maximum Gasteiger partial charge on any atom is 0.298 e. The number of nitrogens with zero attached hydrogens (tertiary/aromatic N) is 2. The van der Waals surface area contributed by atoms with Crippen molar-refractivity contribution in [1.29, 1.82) is 0 Å². The van der Waals surface area contributed by atoms with Crippen molar-refractivity contribution in [3.63, 3.8) is 0 Å². The summed E-state index contributed by atoms with van der Waals surface area (Å²) in [6.07, 6.45) is 8.98. The molecule has 0 aromatic heterocycles. The average Bonchev–Trinajstić information content (AvgIpc) is 2.48. The summed E-state index contributed by atoms with van der Waals surface area (Å²) >= 11 is 0. The van der Waals surface area contributed by atoms with E-state index in [1.54, 1.807) is 11.9 Å². The van der Waals surface area contributed by atoms with Crippen LogP contribution >= 0.6 is 0 Å². The topological polar surface area (TPSA) is 23.6 Å². The Balaban J connectivity index is 2.03. The Morgan fingerprint density at radius 3 is 2.70 bits per heavy atom. The fourth-order valence-corrected chi connectivity index (χ4v) is 2.73. The van der Waals surface area contributed by atoms with Gasteiger partial charge in [0.05, 0.1) is 0 Å². The Kier molecular flexibility index (Phi) is 4.68. The van der Waals surface area contributed by atoms with Crippen molar-refractivity contribution >= 4 is 11.6 Å². The highest BCUT2D eigenvalue weighted by molar-refractivity contribution is 5.92. The number of anilines is 1. The van der Waals surface area contributed by atoms with Gasteiger partial charge in [0.2, 0.25) is 0 Å². The normalized spacial score (nSPS) is 18.4. The third-order valence-electron chi connectivity index (χ3n) is 3.96. The first-order valence-electron chi connectivity index (χ1n) is 7.19. The van der Waals surface area contributed by atoms with E-state index in [0.717, 1.165) is 12.1 Å². The van der Waals surface area contributed by atoms with Gasteiger partial charge in [-0.3, -0.25) is 4.79 Å². The molecule has 0 radical (unpaired) electrons. The Bertz CT molecular complexity index is 501. The van der Waals surface area contributed by atoms with Gasteiger partial charge in [0.25, 0.3) is 5.91 Å². The van der Waals surface area contributed by atoms with Crippen LogP contribution in [-0.4, -0.2) is 30.4 Å². The van der Waals surface area contributed by atoms with Crippen LogP contribution < -0.4 is 4.90 Å². The molecule has 0 N–H and O–H groups in total. The van der Waals surface area contributed by atoms with Crippen LogP contribution in [0.5, 0.6) is 0 Å². The second kappa shape index (κ2) is 6.47. The Morgan fingerprint density at radius 1 is 1.40 bits per heavy atom. The second-order valence-corrected chi connectivity index (χ2v) is 5.51. The summed E-state index contributed by atoms with van der Waals surface area (Å²) < 4.78 is 0. The molecule has 1 heterocycles. The number of benzene rings is 1. The lowest BCUT2D eigenvalue weighted by Crippen LogP contribution is -2.37. The van der Waals surface area contributed by atoms with Crippen molar-refractivity contribution in [1.82, 2.24) is 4.90 Å². The first-order chi connectivity index (χ1) is 9.61. The SMILES string of the molecule is C#CC(=O)N(C)Cc1ccc(N2CCCCC2C)cc1. The van der Waals surface area contributed by atoms with Crippen molar-refractivity contribution < 1.29 is 4.79 Å². The Hall–Kier alpha value is -1.95. The molecular weight excluding hydrogens is 248 g/mol. The maximum atomic E-state index is 11.4. The average molecular weight is 270 g/mol. The predicted molar refractivity (Wildman–Crippen MR) is 82.4 cm³/mol. The van der Waals surface area contributed by atoms with Gasteiger partial charge in [-0.2, -0.15) is 0 Å². The lowest BCUT2D eigenvalue weighted by atomic mass is 10.0. The van der Waals surface area contributed by atoms with Crippen molar-refractivity contribution in [3.05, 3.63) is 29.8 Å². The van der Waals surface area contributed by atoms with Crippen molar-refractivity contribution in [2.75, 3.05) is 18.5 Å². The fourth-order valence-electron chi connectivity index (χ4n) is 2.73. The number of amides is 1. The largest absolute Gasteiger partial charge is 0.369 e. The summed E-state index contributed by atoms with van der Waals surface area (Å²) in [6, 6.07) is 9.06. The first-order valence-corrected chi connectivity index (χ1v) is 7.19. The van der Waals surface area contributed by atoms with Crippen LogP contribution in [0.2, 0.25) is 0 Å². The summed E-state index contributed by atoms with van der Waals surface area (Å²) in [4.78, 5) is 15.4. The van der Waals surface area contributed by atoms with Gasteiger partial charge in [-0.15, -0.1) is 6.42 Å². The van der Waals surface area contributed by atoms with E-state index in [1.165, 1.54) is 24.9 Å². The van der Waals surface area contributed by atoms with Crippen molar-refractivity contribution in [2.45, 2.75) is 38.8 Å². The molecule has 2 rings (SSSR count). The molecule has 20 heavy (non-hydrogen) atoms. The van der Waals surface area contributed by atoms with E-state index >= 15 is 0 Å². The second-order valence-electron chi connectivity index (χ2n) is 5.51. The third kappa shape index (κ3) is 3.33. The molecule has 1 unspecified atom stereocenters. The number of rotatable bonds is 3. The summed E-state index contributed by atoms with van der Waals surface area (Å²) in [7, 11) is 1.73. The zero-order valence-electron chi connectivity index (χ0n) is 12.3. The van der Waals surface area contributed by atoms with Gasteiger partial charge in [0.1, 0.15) is 0 Å². The number of carbonyl (C=O) groups excluding carboxylic acids is 1. The van der Waals surface area contributed by atoms with Crippen LogP contribution in [-0.2, 0) is 11.3 Å². The molecule has 1 aliphatic heterocycles. The molecule has 0 spiro atoms. The lowest BCUT2D eigenvalue weighted by Gasteiger charge is -2.35. The zero-order valence-corrected chi connectivity index (χ0v) is 12.3. The smallest absolute Gasteiger partial charge is 0.298 e. The first kappa shape index (κ1) is 14.5. The molecule has 3 nitrogen and oxygen atoms in total. The van der Waals surface area contributed by atoms with Gasteiger partial charge in [0, 0.05) is 31.9 Å². The number of carbonyl (C=O) groups is 1. The lowest BCUT2D eigenvalue weighted by molar-refractivity contribution is -0.124. The Labute approximate surface area is 121 Å². The standard InChI is InChI=1S/C17H22N2O/c1-4-17(20)18(3)13-15-8-10-16(11-9-15)19-12-6-5-7-14(19)2/h1,8-11,14H,5-7,12-13H2,2-3H3. The van der Waals surface area contributed by atoms with Crippen LogP contribution in [0.4, 0.5) is 5.69 Å². The molecule has 1 atom stereocenters. The fraction of sp³-hybridized carbons (Fsp3) is 0.471. The summed E-state index contributed by atoms with van der Waals surface area (Å²) in [6.45, 7) is 3.97. The highest BCUT2D eigenvalue weighted by Crippen LogP contribution is 2.24. The quantitative estimate of drug-likeness (QED) is 0.788. The molecule has 1 aliphatic rings. The molecule has 0 bridgehead atoms. The van der Waals surface area contributed by atoms with Gasteiger partial charge in [-0.05, 0) is 49.8 Å². The molecule has 1 aromatic rings. The minimum absolute atomic E-state index is 0.279. The third-order valence-corrected chi connectivity index (χ3v) is 3.96. The van der Waals surface area contributed by atoms with Crippen LogP contribution in [0.25, 0.3) is 0 Å². The van der Waals surface area contributed by atoms with Crippen molar-refractivity contribution in [3.8, 4) is 12.3 Å². The molecule has 3 heteroatoms. The highest BCUT2D eigenvalue weighted by atomic mass is 16.2. The van der Waals surface area contributed by atoms with Gasteiger partial charge in [-0.25, -0.2) is 0 Å². The van der Waals surface area contributed by atoms with Crippen LogP contribution in [0, 0.1) is 12.3 Å². The number of hydrogen-bond acceptors (Lipinski definition) is 2. The van der Waals surface area contributed by atoms with Gasteiger partial charge in [0.15, 0.2) is 0 Å². The highest BCUT2D eigenvalue weighted by Gasteiger charge is 2.18. The number of piperidine rings is 1. The van der Waals surface area contributed by atoms with Gasteiger partial charge >= 0.3 is 0 Å². The van der Waals surface area contributed by atoms with Crippen LogP contribution in [0.1, 0.15) is 31.7 Å². The van der Waals surface area contributed by atoms with E-state index in [1.807, 2.05) is 0 Å². The summed E-state index contributed by atoms with van der Waals surface area (Å²) in [5.74, 6) is 1.85. The van der Waals surface area contributed by atoms with Crippen molar-refractivity contribution in [2.24, 2.45) is 0 Å². The monoisotopic (exact) mass is 270 g/mol. The molecule has 1 fully saturated rings. The molecule has 1 saturated heterocycles. The number of terminal acetylenes is 1. The van der Waals surface area contributed by atoms with E-state index < -0.39 is 0 Å². The molecule has 0 aliphatic carbocycles. The molecule has 1 aromatic carbocycles. The van der Waals surface area contributed by atoms with E-state index in [9.17, 15) is 4.79 Å². The van der Waals surface area contributed by atoms with E-state index in [0.29, 0.717) is 12.6 Å². The number of hydrogen-bond donors (Lipinski definition) is 0. The van der Waals surface area contributed by atoms with E-state index in [2.05, 4.69) is 42.0 Å². The van der Waals surface area contributed by atoms with Crippen LogP contribution in [0.3, 0.4) is 0 Å². The molecule has 1 amide bonds. The van der Waals surface area contributed by atoms with E-state index in [-0.39, 0.29) is 5.91 Å². The zero-order chi connectivity index (χ0) is 14.5. The minimum atomic E-state index is -0.279. The summed E-state index contributed by atoms with van der Waals surface area (Å²) in [5.41, 5.74) is 2.37. The van der Waals surface area contributed by atoms with Gasteiger partial charge in [-0.1, -0.05) is 12.1 Å². The van der Waals surface area contributed by atoms with E-state index in [4.69, 9.17) is 6.42 Å².